The van der Waals surface area contributed by atoms with Crippen LogP contribution in [0, 0.1) is 11.3 Å². The number of phenolic OH excluding ortho intramolecular Hbond substituents is 1. The van der Waals surface area contributed by atoms with Crippen molar-refractivity contribution in [1.29, 1.82) is 5.26 Å². The number of aromatic hydroxyl groups is 1. The molecular weight excluding hydrogens is 178 g/mol. The fourth-order valence-corrected chi connectivity index (χ4v) is 1.13. The molecule has 0 spiro atoms. The highest BCUT2D eigenvalue weighted by molar-refractivity contribution is 5.45. The number of phenols is 1. The fourth-order valence-electron chi connectivity index (χ4n) is 1.13. The lowest BCUT2D eigenvalue weighted by molar-refractivity contribution is 0.372. The van der Waals surface area contributed by atoms with Crippen molar-refractivity contribution in [3.8, 4) is 17.6 Å². The molecule has 0 heterocycles. The van der Waals surface area contributed by atoms with Crippen LogP contribution in [0.3, 0.4) is 0 Å². The maximum Gasteiger partial charge on any atom is 0.160 e. The lowest BCUT2D eigenvalue weighted by Gasteiger charge is -2.16. The van der Waals surface area contributed by atoms with Crippen LogP contribution in [0.25, 0.3) is 0 Å². The Kier molecular flexibility index (Phi) is 2.66. The molecule has 1 N–H and O–H groups in total. The van der Waals surface area contributed by atoms with Crippen LogP contribution in [-0.2, 0) is 5.41 Å². The molecule has 14 heavy (non-hydrogen) atoms. The van der Waals surface area contributed by atoms with Crippen LogP contribution in [0.4, 0.5) is 0 Å². The molecule has 0 atom stereocenters. The van der Waals surface area contributed by atoms with Crippen molar-refractivity contribution in [2.75, 3.05) is 7.11 Å². The first kappa shape index (κ1) is 10.4. The number of ether oxygens (including phenoxy) is 1. The van der Waals surface area contributed by atoms with Crippen LogP contribution >= 0.6 is 0 Å². The summed E-state index contributed by atoms with van der Waals surface area (Å²) in [6, 6.07) is 7.13. The van der Waals surface area contributed by atoms with Gasteiger partial charge < -0.3 is 9.84 Å². The first-order chi connectivity index (χ1) is 6.51. The Bertz CT molecular complexity index is 377. The van der Waals surface area contributed by atoms with Crippen LogP contribution in [0.5, 0.6) is 11.5 Å². The van der Waals surface area contributed by atoms with Gasteiger partial charge in [0.1, 0.15) is 0 Å². The number of benzene rings is 1. The Morgan fingerprint density at radius 2 is 2.07 bits per heavy atom. The summed E-state index contributed by atoms with van der Waals surface area (Å²) >= 11 is 0. The maximum atomic E-state index is 9.37. The minimum absolute atomic E-state index is 0.0880. The van der Waals surface area contributed by atoms with E-state index in [9.17, 15) is 5.11 Å². The van der Waals surface area contributed by atoms with Gasteiger partial charge in [-0.3, -0.25) is 0 Å². The zero-order valence-electron chi connectivity index (χ0n) is 8.53. The summed E-state index contributed by atoms with van der Waals surface area (Å²) in [5.74, 6) is 0.482. The highest BCUT2D eigenvalue weighted by Crippen LogP contribution is 2.31. The van der Waals surface area contributed by atoms with Gasteiger partial charge in [-0.15, -0.1) is 0 Å². The molecule has 0 amide bonds. The summed E-state index contributed by atoms with van der Waals surface area (Å²) in [7, 11) is 1.48. The van der Waals surface area contributed by atoms with Crippen LogP contribution in [-0.4, -0.2) is 12.2 Å². The number of rotatable bonds is 2. The third kappa shape index (κ3) is 1.80. The molecule has 0 bridgehead atoms. The fraction of sp³-hybridized carbons (Fsp3) is 0.364. The molecule has 0 aliphatic carbocycles. The number of methoxy groups -OCH3 is 1. The van der Waals surface area contributed by atoms with E-state index in [1.54, 1.807) is 12.1 Å². The van der Waals surface area contributed by atoms with Crippen molar-refractivity contribution in [1.82, 2.24) is 0 Å². The molecule has 0 radical (unpaired) electrons. The zero-order chi connectivity index (χ0) is 10.8. The van der Waals surface area contributed by atoms with Crippen molar-refractivity contribution >= 4 is 0 Å². The van der Waals surface area contributed by atoms with Crippen LogP contribution < -0.4 is 4.74 Å². The van der Waals surface area contributed by atoms with Gasteiger partial charge in [-0.25, -0.2) is 0 Å². The SMILES string of the molecule is COc1cc(C(C)(C)C#N)ccc1O. The number of nitriles is 1. The molecule has 0 aromatic heterocycles. The molecule has 3 nitrogen and oxygen atoms in total. The van der Waals surface area contributed by atoms with E-state index in [0.29, 0.717) is 5.75 Å². The van der Waals surface area contributed by atoms with Gasteiger partial charge >= 0.3 is 0 Å². The van der Waals surface area contributed by atoms with Gasteiger partial charge in [0.15, 0.2) is 11.5 Å². The predicted molar refractivity (Wildman–Crippen MR) is 53.3 cm³/mol. The van der Waals surface area contributed by atoms with Crippen molar-refractivity contribution < 1.29 is 9.84 Å². The largest absolute Gasteiger partial charge is 0.504 e. The molecular formula is C11H13NO2. The van der Waals surface area contributed by atoms with E-state index >= 15 is 0 Å². The lowest BCUT2D eigenvalue weighted by Crippen LogP contribution is -2.13. The first-order valence-electron chi connectivity index (χ1n) is 4.30. The van der Waals surface area contributed by atoms with E-state index in [2.05, 4.69) is 6.07 Å². The summed E-state index contributed by atoms with van der Waals surface area (Å²) in [5.41, 5.74) is 0.260. The molecule has 0 aliphatic rings. The zero-order valence-corrected chi connectivity index (χ0v) is 8.53. The Labute approximate surface area is 83.6 Å². The molecule has 1 aromatic carbocycles. The van der Waals surface area contributed by atoms with Crippen LogP contribution in [0.1, 0.15) is 19.4 Å². The number of nitrogens with zero attached hydrogens (tertiary/aromatic N) is 1. The van der Waals surface area contributed by atoms with Gasteiger partial charge in [-0.1, -0.05) is 6.07 Å². The molecule has 0 fully saturated rings. The van der Waals surface area contributed by atoms with Gasteiger partial charge in [0.25, 0.3) is 0 Å². The quantitative estimate of drug-likeness (QED) is 0.779. The predicted octanol–water partition coefficient (Wildman–Crippen LogP) is 2.20. The standard InChI is InChI=1S/C11H13NO2/c1-11(2,7-12)8-4-5-9(13)10(6-8)14-3/h4-6,13H,1-3H3. The summed E-state index contributed by atoms with van der Waals surface area (Å²) in [5, 5.41) is 18.3. The van der Waals surface area contributed by atoms with Gasteiger partial charge in [-0.2, -0.15) is 5.26 Å². The summed E-state index contributed by atoms with van der Waals surface area (Å²) in [6.07, 6.45) is 0. The second-order valence-electron chi connectivity index (χ2n) is 3.62. The molecule has 0 aliphatic heterocycles. The lowest BCUT2D eigenvalue weighted by atomic mass is 9.86. The van der Waals surface area contributed by atoms with E-state index in [1.807, 2.05) is 13.8 Å². The monoisotopic (exact) mass is 191 g/mol. The third-order valence-corrected chi connectivity index (χ3v) is 2.18. The molecule has 0 saturated heterocycles. The van der Waals surface area contributed by atoms with Crippen LogP contribution in [0.2, 0.25) is 0 Å². The second kappa shape index (κ2) is 3.59. The molecule has 1 aromatic rings. The Balaban J connectivity index is 3.21. The Morgan fingerprint density at radius 1 is 1.43 bits per heavy atom. The minimum atomic E-state index is -0.568. The normalized spacial score (nSPS) is 10.7. The van der Waals surface area contributed by atoms with E-state index in [1.165, 1.54) is 13.2 Å². The maximum absolute atomic E-state index is 9.37. The van der Waals surface area contributed by atoms with Gasteiger partial charge in [0, 0.05) is 0 Å². The van der Waals surface area contributed by atoms with Crippen molar-refractivity contribution in [2.24, 2.45) is 0 Å². The minimum Gasteiger partial charge on any atom is -0.504 e. The highest BCUT2D eigenvalue weighted by Gasteiger charge is 2.20. The van der Waals surface area contributed by atoms with Crippen molar-refractivity contribution in [3.63, 3.8) is 0 Å². The van der Waals surface area contributed by atoms with Gasteiger partial charge in [0.05, 0.1) is 18.6 Å². The van der Waals surface area contributed by atoms with Crippen molar-refractivity contribution in [3.05, 3.63) is 23.8 Å². The molecule has 74 valence electrons. The van der Waals surface area contributed by atoms with E-state index in [4.69, 9.17) is 10.00 Å². The molecule has 3 heteroatoms. The smallest absolute Gasteiger partial charge is 0.160 e. The van der Waals surface area contributed by atoms with Gasteiger partial charge in [-0.05, 0) is 31.5 Å². The van der Waals surface area contributed by atoms with Crippen molar-refractivity contribution in [2.45, 2.75) is 19.3 Å². The highest BCUT2D eigenvalue weighted by atomic mass is 16.5. The number of hydrogen-bond acceptors (Lipinski definition) is 3. The second-order valence-corrected chi connectivity index (χ2v) is 3.62. The first-order valence-corrected chi connectivity index (χ1v) is 4.30. The summed E-state index contributed by atoms with van der Waals surface area (Å²) < 4.78 is 4.97. The average molecular weight is 191 g/mol. The molecule has 0 unspecified atom stereocenters. The molecule has 0 saturated carbocycles. The van der Waals surface area contributed by atoms with Crippen LogP contribution in [0.15, 0.2) is 18.2 Å². The van der Waals surface area contributed by atoms with Gasteiger partial charge in [0.2, 0.25) is 0 Å². The van der Waals surface area contributed by atoms with E-state index in [-0.39, 0.29) is 5.75 Å². The Morgan fingerprint density at radius 3 is 2.57 bits per heavy atom. The number of hydrogen-bond donors (Lipinski definition) is 1. The van der Waals surface area contributed by atoms with E-state index in [0.717, 1.165) is 5.56 Å². The third-order valence-electron chi connectivity index (χ3n) is 2.18. The average Bonchev–Trinajstić information content (AvgIpc) is 2.18. The topological polar surface area (TPSA) is 53.2 Å². The molecule has 1 rings (SSSR count). The summed E-state index contributed by atoms with van der Waals surface area (Å²) in [4.78, 5) is 0. The Hall–Kier alpha value is -1.69. The van der Waals surface area contributed by atoms with E-state index < -0.39 is 5.41 Å². The summed E-state index contributed by atoms with van der Waals surface area (Å²) in [6.45, 7) is 3.64.